The highest BCUT2D eigenvalue weighted by Crippen LogP contribution is 2.22. The zero-order valence-electron chi connectivity index (χ0n) is 15.2. The van der Waals surface area contributed by atoms with Crippen LogP contribution in [0.5, 0.6) is 0 Å². The zero-order valence-corrected chi connectivity index (χ0v) is 15.2. The number of urea groups is 1. The van der Waals surface area contributed by atoms with Gasteiger partial charge in [-0.15, -0.1) is 5.10 Å². The number of nitrogens with zero attached hydrogens (tertiary/aromatic N) is 6. The lowest BCUT2D eigenvalue weighted by atomic mass is 10.1. The molecule has 8 nitrogen and oxygen atoms in total. The van der Waals surface area contributed by atoms with Crippen LogP contribution in [0.4, 0.5) is 14.9 Å². The Hall–Kier alpha value is -3.88. The van der Waals surface area contributed by atoms with E-state index in [0.717, 1.165) is 16.6 Å². The Morgan fingerprint density at radius 1 is 1.10 bits per heavy atom. The molecule has 1 saturated heterocycles. The molecule has 0 spiro atoms. The highest BCUT2D eigenvalue weighted by molar-refractivity contribution is 5.90. The number of nitrogens with one attached hydrogen (secondary N) is 1. The van der Waals surface area contributed by atoms with Gasteiger partial charge < -0.3 is 10.2 Å². The van der Waals surface area contributed by atoms with Crippen molar-refractivity contribution >= 4 is 22.8 Å². The van der Waals surface area contributed by atoms with Gasteiger partial charge in [0.1, 0.15) is 6.17 Å². The first-order valence-electron chi connectivity index (χ1n) is 9.09. The monoisotopic (exact) mass is 389 g/mol. The van der Waals surface area contributed by atoms with Crippen LogP contribution in [0.1, 0.15) is 0 Å². The fourth-order valence-electron chi connectivity index (χ4n) is 3.12. The van der Waals surface area contributed by atoms with Gasteiger partial charge in [-0.05, 0) is 24.3 Å². The van der Waals surface area contributed by atoms with Crippen LogP contribution < -0.4 is 5.32 Å². The molecule has 0 bridgehead atoms. The first-order chi connectivity index (χ1) is 14.2. The van der Waals surface area contributed by atoms with E-state index in [2.05, 4.69) is 25.4 Å². The predicted octanol–water partition coefficient (Wildman–Crippen LogP) is 3.06. The molecule has 9 heteroatoms. The van der Waals surface area contributed by atoms with Gasteiger partial charge >= 0.3 is 6.03 Å². The molecule has 0 radical (unpaired) electrons. The molecule has 1 aliphatic heterocycles. The molecule has 0 aliphatic carbocycles. The average molecular weight is 389 g/mol. The second kappa shape index (κ2) is 6.93. The standard InChI is InChI=1S/C20H16FN7O/c21-15-11-27(12-15)20(29)25-16-4-6-23-18(8-16)28-10-14-7-13(9-24-19(14)26-28)17-3-1-2-5-22-17/h1-10,15H,11-12H2,(H,23,25,29). The first kappa shape index (κ1) is 17.2. The molecule has 4 aromatic rings. The summed E-state index contributed by atoms with van der Waals surface area (Å²) in [5.74, 6) is 0.534. The Balaban J connectivity index is 1.41. The molecule has 144 valence electrons. The van der Waals surface area contributed by atoms with E-state index in [1.807, 2.05) is 30.5 Å². The summed E-state index contributed by atoms with van der Waals surface area (Å²) in [6, 6.07) is 10.7. The fraction of sp³-hybridized carbons (Fsp3) is 0.150. The molecule has 0 atom stereocenters. The number of likely N-dealkylation sites (tertiary alicyclic amines) is 1. The maximum absolute atomic E-state index is 12.9. The normalized spacial score (nSPS) is 14.0. The van der Waals surface area contributed by atoms with E-state index in [1.165, 1.54) is 4.90 Å². The number of fused-ring (bicyclic) bond motifs is 1. The van der Waals surface area contributed by atoms with Crippen molar-refractivity contribution in [1.29, 1.82) is 0 Å². The van der Waals surface area contributed by atoms with E-state index in [1.54, 1.807) is 35.4 Å². The van der Waals surface area contributed by atoms with Gasteiger partial charge in [-0.1, -0.05) is 6.07 Å². The van der Waals surface area contributed by atoms with E-state index in [9.17, 15) is 9.18 Å². The lowest BCUT2D eigenvalue weighted by Gasteiger charge is -2.34. The molecule has 1 aliphatic rings. The molecule has 2 amide bonds. The van der Waals surface area contributed by atoms with E-state index in [0.29, 0.717) is 17.2 Å². The SMILES string of the molecule is O=C(Nc1ccnc(-n2cc3cc(-c4ccccn4)cnc3n2)c1)N1CC(F)C1. The summed E-state index contributed by atoms with van der Waals surface area (Å²) in [6.45, 7) is 0.247. The second-order valence-electron chi connectivity index (χ2n) is 6.76. The molecular weight excluding hydrogens is 373 g/mol. The second-order valence-corrected chi connectivity index (χ2v) is 6.76. The van der Waals surface area contributed by atoms with Gasteiger partial charge in [-0.2, -0.15) is 0 Å². The van der Waals surface area contributed by atoms with Crippen LogP contribution in [0.2, 0.25) is 0 Å². The van der Waals surface area contributed by atoms with E-state index in [4.69, 9.17) is 0 Å². The first-order valence-corrected chi connectivity index (χ1v) is 9.09. The molecule has 0 aromatic carbocycles. The van der Waals surface area contributed by atoms with Gasteiger partial charge in [0.2, 0.25) is 0 Å². The van der Waals surface area contributed by atoms with Gasteiger partial charge in [0.25, 0.3) is 0 Å². The van der Waals surface area contributed by atoms with Crippen molar-refractivity contribution in [1.82, 2.24) is 29.6 Å². The minimum Gasteiger partial charge on any atom is -0.319 e. The van der Waals surface area contributed by atoms with Gasteiger partial charge in [0.05, 0.1) is 18.8 Å². The van der Waals surface area contributed by atoms with Crippen molar-refractivity contribution in [3.63, 3.8) is 0 Å². The van der Waals surface area contributed by atoms with Crippen molar-refractivity contribution in [2.45, 2.75) is 6.17 Å². The van der Waals surface area contributed by atoms with Gasteiger partial charge in [0, 0.05) is 47.5 Å². The van der Waals surface area contributed by atoms with Crippen LogP contribution in [0.3, 0.4) is 0 Å². The molecule has 1 N–H and O–H groups in total. The van der Waals surface area contributed by atoms with Crippen LogP contribution >= 0.6 is 0 Å². The van der Waals surface area contributed by atoms with Crippen molar-refractivity contribution < 1.29 is 9.18 Å². The number of carbonyl (C=O) groups is 1. The molecule has 0 saturated carbocycles. The van der Waals surface area contributed by atoms with Crippen LogP contribution in [-0.4, -0.2) is 54.9 Å². The van der Waals surface area contributed by atoms with Gasteiger partial charge in [-0.3, -0.25) is 4.98 Å². The molecule has 1 fully saturated rings. The third-order valence-corrected chi connectivity index (χ3v) is 4.68. The Labute approximate surface area is 165 Å². The van der Waals surface area contributed by atoms with E-state index in [-0.39, 0.29) is 19.1 Å². The number of hydrogen-bond acceptors (Lipinski definition) is 5. The summed E-state index contributed by atoms with van der Waals surface area (Å²) in [5, 5.41) is 8.06. The number of amides is 2. The van der Waals surface area contributed by atoms with Crippen LogP contribution in [0.25, 0.3) is 28.1 Å². The lowest BCUT2D eigenvalue weighted by Crippen LogP contribution is -2.53. The number of carbonyl (C=O) groups excluding carboxylic acids is 1. The number of anilines is 1. The predicted molar refractivity (Wildman–Crippen MR) is 105 cm³/mol. The number of alkyl halides is 1. The molecule has 0 unspecified atom stereocenters. The summed E-state index contributed by atoms with van der Waals surface area (Å²) in [6.07, 6.45) is 5.94. The Kier molecular flexibility index (Phi) is 4.12. The summed E-state index contributed by atoms with van der Waals surface area (Å²) in [4.78, 5) is 26.6. The zero-order chi connectivity index (χ0) is 19.8. The highest BCUT2D eigenvalue weighted by atomic mass is 19.1. The van der Waals surface area contributed by atoms with Gasteiger partial charge in [-0.25, -0.2) is 23.8 Å². The average Bonchev–Trinajstić information content (AvgIpc) is 3.16. The van der Waals surface area contributed by atoms with Crippen molar-refractivity contribution in [2.24, 2.45) is 0 Å². The highest BCUT2D eigenvalue weighted by Gasteiger charge is 2.30. The minimum atomic E-state index is -0.936. The van der Waals surface area contributed by atoms with E-state index < -0.39 is 6.17 Å². The summed E-state index contributed by atoms with van der Waals surface area (Å²) < 4.78 is 14.5. The smallest absolute Gasteiger partial charge is 0.319 e. The Morgan fingerprint density at radius 3 is 2.79 bits per heavy atom. The summed E-state index contributed by atoms with van der Waals surface area (Å²) in [5.41, 5.74) is 2.87. The number of aromatic nitrogens is 5. The summed E-state index contributed by atoms with van der Waals surface area (Å²) in [7, 11) is 0. The van der Waals surface area contributed by atoms with Crippen molar-refractivity contribution in [2.75, 3.05) is 18.4 Å². The maximum Gasteiger partial charge on any atom is 0.322 e. The Bertz CT molecular complexity index is 1190. The number of hydrogen-bond donors (Lipinski definition) is 1. The molecular formula is C20H16FN7O. The quantitative estimate of drug-likeness (QED) is 0.582. The Morgan fingerprint density at radius 2 is 2.00 bits per heavy atom. The van der Waals surface area contributed by atoms with E-state index >= 15 is 0 Å². The third-order valence-electron chi connectivity index (χ3n) is 4.68. The van der Waals surface area contributed by atoms with Gasteiger partial charge in [0.15, 0.2) is 11.5 Å². The van der Waals surface area contributed by atoms with Crippen LogP contribution in [-0.2, 0) is 0 Å². The van der Waals surface area contributed by atoms with Crippen LogP contribution in [0.15, 0.2) is 61.2 Å². The number of pyridine rings is 3. The maximum atomic E-state index is 12.9. The molecule has 4 aromatic heterocycles. The number of rotatable bonds is 3. The molecule has 5 rings (SSSR count). The largest absolute Gasteiger partial charge is 0.322 e. The fourth-order valence-corrected chi connectivity index (χ4v) is 3.12. The topological polar surface area (TPSA) is 88.8 Å². The minimum absolute atomic E-state index is 0.124. The third kappa shape index (κ3) is 3.38. The van der Waals surface area contributed by atoms with Crippen molar-refractivity contribution in [3.8, 4) is 17.1 Å². The molecule has 5 heterocycles. The lowest BCUT2D eigenvalue weighted by molar-refractivity contribution is 0.0974. The summed E-state index contributed by atoms with van der Waals surface area (Å²) >= 11 is 0. The number of halogens is 1. The van der Waals surface area contributed by atoms with Crippen molar-refractivity contribution in [3.05, 3.63) is 61.2 Å². The van der Waals surface area contributed by atoms with Crippen LogP contribution in [0, 0.1) is 0 Å². The molecule has 29 heavy (non-hydrogen) atoms.